The van der Waals surface area contributed by atoms with Gasteiger partial charge in [0.2, 0.25) is 11.8 Å². The fourth-order valence-corrected chi connectivity index (χ4v) is 6.20. The van der Waals surface area contributed by atoms with Gasteiger partial charge in [0.05, 0.1) is 32.8 Å². The zero-order valence-electron chi connectivity index (χ0n) is 23.2. The maximum absolute atomic E-state index is 14.1. The molecule has 0 bridgehead atoms. The molecule has 0 fully saturated rings. The SMILES string of the molecule is CCNC(=O)C(CC)N(Cc1ccc(Cl)c(Cl)c1)C(=O)CN(c1ccc(OC)c(Cl)c1)S(=O)(=O)c1ccc(C)cc1. The van der Waals surface area contributed by atoms with E-state index in [2.05, 4.69) is 5.32 Å². The van der Waals surface area contributed by atoms with Gasteiger partial charge in [0.25, 0.3) is 10.0 Å². The summed E-state index contributed by atoms with van der Waals surface area (Å²) in [5, 5.41) is 3.57. The predicted molar refractivity (Wildman–Crippen MR) is 163 cm³/mol. The number of nitrogens with zero attached hydrogens (tertiary/aromatic N) is 2. The molecule has 220 valence electrons. The van der Waals surface area contributed by atoms with Crippen molar-refractivity contribution in [3.8, 4) is 5.75 Å². The fraction of sp³-hybridized carbons (Fsp3) is 0.310. The lowest BCUT2D eigenvalue weighted by molar-refractivity contribution is -0.140. The van der Waals surface area contributed by atoms with E-state index in [9.17, 15) is 18.0 Å². The number of anilines is 1. The molecule has 41 heavy (non-hydrogen) atoms. The number of methoxy groups -OCH3 is 1. The molecule has 0 spiro atoms. The molecule has 0 saturated carbocycles. The van der Waals surface area contributed by atoms with Crippen LogP contribution in [-0.4, -0.2) is 51.4 Å². The summed E-state index contributed by atoms with van der Waals surface area (Å²) in [6.07, 6.45) is 0.290. The second kappa shape index (κ2) is 14.3. The highest BCUT2D eigenvalue weighted by atomic mass is 35.5. The number of hydrogen-bond donors (Lipinski definition) is 1. The van der Waals surface area contributed by atoms with Crippen LogP contribution in [0, 0.1) is 6.92 Å². The minimum atomic E-state index is -4.24. The molecule has 0 aliphatic carbocycles. The van der Waals surface area contributed by atoms with E-state index in [0.29, 0.717) is 27.9 Å². The van der Waals surface area contributed by atoms with Crippen LogP contribution in [0.15, 0.2) is 65.6 Å². The summed E-state index contributed by atoms with van der Waals surface area (Å²) in [7, 11) is -2.79. The Bertz CT molecular complexity index is 1500. The first-order chi connectivity index (χ1) is 19.4. The van der Waals surface area contributed by atoms with E-state index in [1.54, 1.807) is 44.2 Å². The molecule has 1 unspecified atom stereocenters. The van der Waals surface area contributed by atoms with Gasteiger partial charge in [-0.3, -0.25) is 13.9 Å². The van der Waals surface area contributed by atoms with Crippen LogP contribution in [-0.2, 0) is 26.2 Å². The Morgan fingerprint density at radius 2 is 1.61 bits per heavy atom. The van der Waals surface area contributed by atoms with Crippen LogP contribution >= 0.6 is 34.8 Å². The summed E-state index contributed by atoms with van der Waals surface area (Å²) in [6.45, 7) is 5.15. The van der Waals surface area contributed by atoms with E-state index in [-0.39, 0.29) is 34.5 Å². The maximum atomic E-state index is 14.1. The molecule has 3 aromatic rings. The first-order valence-electron chi connectivity index (χ1n) is 12.9. The highest BCUT2D eigenvalue weighted by Gasteiger charge is 2.34. The lowest BCUT2D eigenvalue weighted by atomic mass is 10.1. The minimum absolute atomic E-state index is 0.00496. The summed E-state index contributed by atoms with van der Waals surface area (Å²) < 4.78 is 34.1. The molecule has 0 heterocycles. The van der Waals surface area contributed by atoms with Gasteiger partial charge in [-0.2, -0.15) is 0 Å². The lowest BCUT2D eigenvalue weighted by Crippen LogP contribution is -2.52. The first kappa shape index (κ1) is 32.5. The Labute approximate surface area is 256 Å². The van der Waals surface area contributed by atoms with Crippen LogP contribution in [0.3, 0.4) is 0 Å². The molecule has 0 saturated heterocycles. The van der Waals surface area contributed by atoms with Crippen molar-refractivity contribution in [2.45, 2.75) is 44.7 Å². The summed E-state index contributed by atoms with van der Waals surface area (Å²) in [5.41, 5.74) is 1.65. The van der Waals surface area contributed by atoms with Gasteiger partial charge in [0, 0.05) is 13.1 Å². The molecule has 0 aromatic heterocycles. The number of likely N-dealkylation sites (N-methyl/N-ethyl adjacent to an activating group) is 1. The molecule has 2 amide bonds. The first-order valence-corrected chi connectivity index (χ1v) is 15.4. The topological polar surface area (TPSA) is 96.0 Å². The lowest BCUT2D eigenvalue weighted by Gasteiger charge is -2.33. The number of carbonyl (C=O) groups is 2. The highest BCUT2D eigenvalue weighted by molar-refractivity contribution is 7.92. The number of benzene rings is 3. The van der Waals surface area contributed by atoms with Crippen molar-refractivity contribution in [3.63, 3.8) is 0 Å². The van der Waals surface area contributed by atoms with Crippen LogP contribution in [0.5, 0.6) is 5.75 Å². The third-order valence-electron chi connectivity index (χ3n) is 6.39. The number of amides is 2. The largest absolute Gasteiger partial charge is 0.495 e. The predicted octanol–water partition coefficient (Wildman–Crippen LogP) is 6.10. The number of carbonyl (C=O) groups excluding carboxylic acids is 2. The Hall–Kier alpha value is -2.98. The van der Waals surface area contributed by atoms with E-state index in [1.807, 2.05) is 6.92 Å². The zero-order valence-corrected chi connectivity index (χ0v) is 26.2. The molecule has 1 atom stereocenters. The van der Waals surface area contributed by atoms with Gasteiger partial charge in [-0.1, -0.05) is 65.5 Å². The zero-order chi connectivity index (χ0) is 30.3. The summed E-state index contributed by atoms with van der Waals surface area (Å²) >= 11 is 18.7. The minimum Gasteiger partial charge on any atom is -0.495 e. The van der Waals surface area contributed by atoms with Crippen molar-refractivity contribution >= 4 is 62.3 Å². The number of ether oxygens (including phenoxy) is 1. The summed E-state index contributed by atoms with van der Waals surface area (Å²) in [4.78, 5) is 28.4. The standard InChI is InChI=1S/C29H32Cl3N3O5S/c1-5-26(29(37)33-6-2)34(17-20-9-13-23(30)24(31)15-20)28(36)18-35(21-10-14-27(40-4)25(32)16-21)41(38,39)22-11-7-19(3)8-12-22/h7-16,26H,5-6,17-18H2,1-4H3,(H,33,37). The fourth-order valence-electron chi connectivity index (χ4n) is 4.22. The monoisotopic (exact) mass is 639 g/mol. The Morgan fingerprint density at radius 1 is 0.927 bits per heavy atom. The van der Waals surface area contributed by atoms with E-state index in [4.69, 9.17) is 39.5 Å². The van der Waals surface area contributed by atoms with E-state index >= 15 is 0 Å². The second-order valence-corrected chi connectivity index (χ2v) is 12.3. The number of rotatable bonds is 12. The maximum Gasteiger partial charge on any atom is 0.264 e. The summed E-state index contributed by atoms with van der Waals surface area (Å²) in [6, 6.07) is 14.8. The molecule has 0 aliphatic heterocycles. The molecular weight excluding hydrogens is 609 g/mol. The molecule has 3 rings (SSSR count). The third-order valence-corrected chi connectivity index (χ3v) is 9.21. The smallest absolute Gasteiger partial charge is 0.264 e. The number of nitrogens with one attached hydrogen (secondary N) is 1. The van der Waals surface area contributed by atoms with Gasteiger partial charge < -0.3 is 15.0 Å². The van der Waals surface area contributed by atoms with Crippen LogP contribution in [0.2, 0.25) is 15.1 Å². The Kier molecular flexibility index (Phi) is 11.3. The van der Waals surface area contributed by atoms with Crippen molar-refractivity contribution in [2.24, 2.45) is 0 Å². The van der Waals surface area contributed by atoms with Gasteiger partial charge in [0.1, 0.15) is 18.3 Å². The molecule has 1 N–H and O–H groups in total. The molecule has 8 nitrogen and oxygen atoms in total. The average molecular weight is 641 g/mol. The van der Waals surface area contributed by atoms with Crippen LogP contribution in [0.1, 0.15) is 31.4 Å². The van der Waals surface area contributed by atoms with Crippen molar-refractivity contribution < 1.29 is 22.7 Å². The Morgan fingerprint density at radius 3 is 2.17 bits per heavy atom. The normalized spacial score (nSPS) is 12.0. The third kappa shape index (κ3) is 7.86. The van der Waals surface area contributed by atoms with Crippen LogP contribution in [0.25, 0.3) is 0 Å². The van der Waals surface area contributed by atoms with Crippen LogP contribution in [0.4, 0.5) is 5.69 Å². The van der Waals surface area contributed by atoms with E-state index < -0.39 is 28.5 Å². The van der Waals surface area contributed by atoms with Crippen LogP contribution < -0.4 is 14.4 Å². The van der Waals surface area contributed by atoms with Crippen molar-refractivity contribution in [2.75, 3.05) is 24.5 Å². The number of aryl methyl sites for hydroxylation is 1. The highest BCUT2D eigenvalue weighted by Crippen LogP contribution is 2.32. The molecule has 0 radical (unpaired) electrons. The molecule has 3 aromatic carbocycles. The number of hydrogen-bond acceptors (Lipinski definition) is 5. The Balaban J connectivity index is 2.11. The molecular formula is C29H32Cl3N3O5S. The van der Waals surface area contributed by atoms with Crippen molar-refractivity contribution in [1.29, 1.82) is 0 Å². The quantitative estimate of drug-likeness (QED) is 0.258. The van der Waals surface area contributed by atoms with E-state index in [1.165, 1.54) is 42.3 Å². The second-order valence-electron chi connectivity index (χ2n) is 9.23. The van der Waals surface area contributed by atoms with Crippen molar-refractivity contribution in [3.05, 3.63) is 86.9 Å². The summed E-state index contributed by atoms with van der Waals surface area (Å²) in [5.74, 6) is -0.612. The number of sulfonamides is 1. The number of halogens is 3. The van der Waals surface area contributed by atoms with Gasteiger partial charge in [-0.05, 0) is 68.3 Å². The molecule has 12 heteroatoms. The van der Waals surface area contributed by atoms with Gasteiger partial charge in [-0.25, -0.2) is 8.42 Å². The van der Waals surface area contributed by atoms with Gasteiger partial charge >= 0.3 is 0 Å². The van der Waals surface area contributed by atoms with Gasteiger partial charge in [-0.15, -0.1) is 0 Å². The van der Waals surface area contributed by atoms with Gasteiger partial charge in [0.15, 0.2) is 0 Å². The average Bonchev–Trinajstić information content (AvgIpc) is 2.93. The molecule has 0 aliphatic rings. The van der Waals surface area contributed by atoms with Crippen molar-refractivity contribution in [1.82, 2.24) is 10.2 Å². The van der Waals surface area contributed by atoms with E-state index in [0.717, 1.165) is 9.87 Å².